The average molecular weight is 302 g/mol. The van der Waals surface area contributed by atoms with Crippen molar-refractivity contribution in [2.75, 3.05) is 11.4 Å². The molecule has 0 amide bonds. The lowest BCUT2D eigenvalue weighted by molar-refractivity contribution is 0.495. The van der Waals surface area contributed by atoms with Crippen LogP contribution < -0.4 is 4.90 Å². The molecule has 112 valence electrons. The van der Waals surface area contributed by atoms with Gasteiger partial charge in [0, 0.05) is 12.1 Å². The van der Waals surface area contributed by atoms with Gasteiger partial charge in [-0.1, -0.05) is 30.3 Å². The molecular formula is C18H14N4O. The number of anilines is 1. The maximum atomic E-state index is 8.80. The molecule has 0 N–H and O–H groups in total. The molecule has 4 rings (SSSR count). The van der Waals surface area contributed by atoms with Gasteiger partial charge in [-0.05, 0) is 18.1 Å². The van der Waals surface area contributed by atoms with E-state index < -0.39 is 0 Å². The van der Waals surface area contributed by atoms with Gasteiger partial charge >= 0.3 is 0 Å². The number of nitrogens with zero attached hydrogens (tertiary/aromatic N) is 4. The maximum absolute atomic E-state index is 8.80. The van der Waals surface area contributed by atoms with E-state index in [4.69, 9.17) is 9.68 Å². The number of fused-ring (bicyclic) bond motifs is 1. The number of hydrogen-bond donors (Lipinski definition) is 0. The summed E-state index contributed by atoms with van der Waals surface area (Å²) in [6, 6.07) is 14.2. The lowest BCUT2D eigenvalue weighted by Crippen LogP contribution is -2.30. The normalized spacial score (nSPS) is 13.4. The summed E-state index contributed by atoms with van der Waals surface area (Å²) in [7, 11) is 0. The highest BCUT2D eigenvalue weighted by Crippen LogP contribution is 2.30. The van der Waals surface area contributed by atoms with E-state index in [9.17, 15) is 0 Å². The van der Waals surface area contributed by atoms with E-state index >= 15 is 0 Å². The highest BCUT2D eigenvalue weighted by atomic mass is 16.3. The van der Waals surface area contributed by atoms with E-state index in [0.717, 1.165) is 35.9 Å². The summed E-state index contributed by atoms with van der Waals surface area (Å²) in [6.45, 7) is 1.53. The van der Waals surface area contributed by atoms with E-state index in [1.807, 2.05) is 36.4 Å². The van der Waals surface area contributed by atoms with Crippen molar-refractivity contribution < 1.29 is 4.42 Å². The summed E-state index contributed by atoms with van der Waals surface area (Å²) in [5.74, 6) is 2.65. The predicted molar refractivity (Wildman–Crippen MR) is 85.6 cm³/mol. The van der Waals surface area contributed by atoms with Gasteiger partial charge in [-0.25, -0.2) is 9.97 Å². The van der Waals surface area contributed by atoms with Crippen molar-refractivity contribution in [1.29, 1.82) is 5.26 Å². The first kappa shape index (κ1) is 13.5. The molecule has 1 aliphatic heterocycles. The molecule has 0 saturated carbocycles. The molecule has 0 atom stereocenters. The van der Waals surface area contributed by atoms with E-state index in [0.29, 0.717) is 12.2 Å². The Labute approximate surface area is 133 Å². The van der Waals surface area contributed by atoms with Crippen LogP contribution in [0.2, 0.25) is 0 Å². The fraction of sp³-hybridized carbons (Fsp3) is 0.167. The SMILES string of the molecule is N#Cc1cnc(N2CCc3cc(-c4ccccc4)oc3C2)cn1. The van der Waals surface area contributed by atoms with Gasteiger partial charge in [0.25, 0.3) is 0 Å². The van der Waals surface area contributed by atoms with Gasteiger partial charge in [0.2, 0.25) is 0 Å². The van der Waals surface area contributed by atoms with Crippen molar-refractivity contribution in [3.8, 4) is 17.4 Å². The smallest absolute Gasteiger partial charge is 0.158 e. The van der Waals surface area contributed by atoms with Crippen molar-refractivity contribution in [3.63, 3.8) is 0 Å². The van der Waals surface area contributed by atoms with Crippen LogP contribution in [-0.2, 0) is 13.0 Å². The first-order chi connectivity index (χ1) is 11.3. The zero-order valence-electron chi connectivity index (χ0n) is 12.4. The largest absolute Gasteiger partial charge is 0.459 e. The third-order valence-electron chi connectivity index (χ3n) is 4.02. The standard InChI is InChI=1S/C18H14N4O/c19-9-15-10-21-18(11-20-15)22-7-6-14-8-16(23-17(14)12-22)13-4-2-1-3-5-13/h1-5,8,10-11H,6-7,12H2. The van der Waals surface area contributed by atoms with Crippen molar-refractivity contribution >= 4 is 5.82 Å². The number of nitriles is 1. The van der Waals surface area contributed by atoms with Gasteiger partial charge in [0.15, 0.2) is 5.69 Å². The Morgan fingerprint density at radius 2 is 2.00 bits per heavy atom. The minimum Gasteiger partial charge on any atom is -0.459 e. The highest BCUT2D eigenvalue weighted by molar-refractivity contribution is 5.59. The van der Waals surface area contributed by atoms with Crippen LogP contribution >= 0.6 is 0 Å². The van der Waals surface area contributed by atoms with Gasteiger partial charge in [0.05, 0.1) is 18.9 Å². The van der Waals surface area contributed by atoms with Gasteiger partial charge in [-0.15, -0.1) is 0 Å². The second-order valence-electron chi connectivity index (χ2n) is 5.47. The molecule has 0 bridgehead atoms. The lowest BCUT2D eigenvalue weighted by Gasteiger charge is -2.26. The minimum atomic E-state index is 0.329. The maximum Gasteiger partial charge on any atom is 0.158 e. The van der Waals surface area contributed by atoms with Crippen molar-refractivity contribution in [3.05, 3.63) is 65.8 Å². The fourth-order valence-corrected chi connectivity index (χ4v) is 2.80. The van der Waals surface area contributed by atoms with Crippen LogP contribution in [0.4, 0.5) is 5.82 Å². The van der Waals surface area contributed by atoms with Gasteiger partial charge in [-0.3, -0.25) is 0 Å². The fourth-order valence-electron chi connectivity index (χ4n) is 2.80. The van der Waals surface area contributed by atoms with Crippen molar-refractivity contribution in [2.45, 2.75) is 13.0 Å². The topological polar surface area (TPSA) is 66.0 Å². The Morgan fingerprint density at radius 1 is 1.13 bits per heavy atom. The van der Waals surface area contributed by atoms with Crippen molar-refractivity contribution in [1.82, 2.24) is 9.97 Å². The van der Waals surface area contributed by atoms with Crippen LogP contribution in [-0.4, -0.2) is 16.5 Å². The Hall–Kier alpha value is -3.13. The summed E-state index contributed by atoms with van der Waals surface area (Å²) in [5, 5.41) is 8.80. The molecule has 1 aromatic carbocycles. The van der Waals surface area contributed by atoms with Gasteiger partial charge in [-0.2, -0.15) is 5.26 Å². The molecule has 0 unspecified atom stereocenters. The van der Waals surface area contributed by atoms with Crippen LogP contribution in [0.15, 0.2) is 53.2 Å². The molecule has 0 fully saturated rings. The number of furan rings is 1. The third kappa shape index (κ3) is 2.55. The first-order valence-corrected chi connectivity index (χ1v) is 7.47. The van der Waals surface area contributed by atoms with E-state index in [1.54, 1.807) is 6.20 Å². The Bertz CT molecular complexity index is 862. The third-order valence-corrected chi connectivity index (χ3v) is 4.02. The molecule has 23 heavy (non-hydrogen) atoms. The summed E-state index contributed by atoms with van der Waals surface area (Å²) in [4.78, 5) is 10.5. The molecule has 0 saturated heterocycles. The zero-order chi connectivity index (χ0) is 15.6. The van der Waals surface area contributed by atoms with Gasteiger partial charge < -0.3 is 9.32 Å². The van der Waals surface area contributed by atoms with Crippen LogP contribution in [0.5, 0.6) is 0 Å². The molecule has 0 spiro atoms. The molecular weight excluding hydrogens is 288 g/mol. The number of hydrogen-bond acceptors (Lipinski definition) is 5. The quantitative estimate of drug-likeness (QED) is 0.727. The molecule has 5 nitrogen and oxygen atoms in total. The first-order valence-electron chi connectivity index (χ1n) is 7.47. The molecule has 2 aromatic heterocycles. The second-order valence-corrected chi connectivity index (χ2v) is 5.47. The van der Waals surface area contributed by atoms with E-state index in [-0.39, 0.29) is 0 Å². The number of rotatable bonds is 2. The summed E-state index contributed by atoms with van der Waals surface area (Å²) in [5.41, 5.74) is 2.67. The predicted octanol–water partition coefficient (Wildman–Crippen LogP) is 3.17. The lowest BCUT2D eigenvalue weighted by atomic mass is 10.1. The summed E-state index contributed by atoms with van der Waals surface area (Å²) >= 11 is 0. The molecule has 1 aliphatic rings. The number of aromatic nitrogens is 2. The van der Waals surface area contributed by atoms with Crippen molar-refractivity contribution in [2.24, 2.45) is 0 Å². The van der Waals surface area contributed by atoms with Crippen LogP contribution in [0.1, 0.15) is 17.0 Å². The van der Waals surface area contributed by atoms with Crippen LogP contribution in [0.25, 0.3) is 11.3 Å². The monoisotopic (exact) mass is 302 g/mol. The second kappa shape index (κ2) is 5.58. The molecule has 3 aromatic rings. The Balaban J connectivity index is 1.59. The molecule has 3 heterocycles. The Kier molecular flexibility index (Phi) is 3.28. The van der Waals surface area contributed by atoms with Crippen LogP contribution in [0, 0.1) is 11.3 Å². The minimum absolute atomic E-state index is 0.329. The highest BCUT2D eigenvalue weighted by Gasteiger charge is 2.22. The Morgan fingerprint density at radius 3 is 2.74 bits per heavy atom. The van der Waals surface area contributed by atoms with E-state index in [2.05, 4.69) is 20.9 Å². The van der Waals surface area contributed by atoms with Gasteiger partial charge in [0.1, 0.15) is 23.4 Å². The molecule has 0 aliphatic carbocycles. The van der Waals surface area contributed by atoms with Crippen LogP contribution in [0.3, 0.4) is 0 Å². The number of benzene rings is 1. The summed E-state index contributed by atoms with van der Waals surface area (Å²) < 4.78 is 6.05. The molecule has 5 heteroatoms. The van der Waals surface area contributed by atoms with E-state index in [1.165, 1.54) is 11.8 Å². The average Bonchev–Trinajstić information content (AvgIpc) is 3.06. The molecule has 0 radical (unpaired) electrons. The zero-order valence-corrected chi connectivity index (χ0v) is 12.4. The summed E-state index contributed by atoms with van der Waals surface area (Å²) in [6.07, 6.45) is 4.06.